The van der Waals surface area contributed by atoms with Crippen LogP contribution in [0.5, 0.6) is 0 Å². The van der Waals surface area contributed by atoms with Crippen molar-refractivity contribution in [2.45, 2.75) is 28.4 Å². The Kier molecular flexibility index (Phi) is 5.23. The van der Waals surface area contributed by atoms with Gasteiger partial charge in [-0.15, -0.1) is 11.3 Å². The second kappa shape index (κ2) is 7.23. The van der Waals surface area contributed by atoms with Crippen LogP contribution in [0.2, 0.25) is 0 Å². The smallest absolute Gasteiger partial charge is 0.207 e. The lowest BCUT2D eigenvalue weighted by molar-refractivity contribution is 0.273. The molecule has 1 saturated heterocycles. The fourth-order valence-electron chi connectivity index (χ4n) is 3.57. The number of aryl methyl sites for hydroxylation is 2. The number of piperazine rings is 1. The van der Waals surface area contributed by atoms with Gasteiger partial charge < -0.3 is 0 Å². The van der Waals surface area contributed by atoms with Crippen molar-refractivity contribution in [1.29, 1.82) is 0 Å². The van der Waals surface area contributed by atoms with Gasteiger partial charge in [0.2, 0.25) is 10.0 Å². The van der Waals surface area contributed by atoms with E-state index in [1.54, 1.807) is 24.3 Å². The molecule has 1 aliphatic heterocycles. The largest absolute Gasteiger partial charge is 0.252 e. The number of rotatable bonds is 4. The summed E-state index contributed by atoms with van der Waals surface area (Å²) in [4.78, 5) is 0.307. The summed E-state index contributed by atoms with van der Waals surface area (Å²) in [6.45, 7) is 0.625. The SMILES string of the molecule is O=S(=O)(c1ccc2c(c1)CCC2)N1CCN(S(=O)(=O)c2ccc(Br)s2)CC1. The summed E-state index contributed by atoms with van der Waals surface area (Å²) in [5.74, 6) is 0. The third kappa shape index (κ3) is 3.63. The van der Waals surface area contributed by atoms with Gasteiger partial charge in [-0.05, 0) is 70.6 Å². The molecule has 0 bridgehead atoms. The molecule has 10 heteroatoms. The number of benzene rings is 1. The molecule has 2 aliphatic rings. The summed E-state index contributed by atoms with van der Waals surface area (Å²) >= 11 is 4.44. The van der Waals surface area contributed by atoms with Gasteiger partial charge in [0.15, 0.2) is 0 Å². The van der Waals surface area contributed by atoms with Crippen LogP contribution < -0.4 is 0 Å². The minimum Gasteiger partial charge on any atom is -0.207 e. The number of hydrogen-bond acceptors (Lipinski definition) is 5. The van der Waals surface area contributed by atoms with E-state index in [4.69, 9.17) is 0 Å². The maximum Gasteiger partial charge on any atom is 0.252 e. The monoisotopic (exact) mass is 490 g/mol. The van der Waals surface area contributed by atoms with E-state index in [0.717, 1.165) is 39.9 Å². The van der Waals surface area contributed by atoms with E-state index in [1.165, 1.54) is 14.2 Å². The van der Waals surface area contributed by atoms with Crippen LogP contribution in [0.3, 0.4) is 0 Å². The van der Waals surface area contributed by atoms with Crippen molar-refractivity contribution in [2.75, 3.05) is 26.2 Å². The first-order valence-corrected chi connectivity index (χ1v) is 13.1. The highest BCUT2D eigenvalue weighted by Gasteiger charge is 2.34. The normalized spacial score (nSPS) is 19.3. The molecule has 0 spiro atoms. The molecular weight excluding hydrogens is 472 g/mol. The first-order chi connectivity index (χ1) is 12.8. The van der Waals surface area contributed by atoms with E-state index in [9.17, 15) is 16.8 Å². The number of hydrogen-bond donors (Lipinski definition) is 0. The topological polar surface area (TPSA) is 74.8 Å². The zero-order chi connectivity index (χ0) is 19.2. The highest BCUT2D eigenvalue weighted by atomic mass is 79.9. The van der Waals surface area contributed by atoms with E-state index in [1.807, 2.05) is 6.07 Å². The summed E-state index contributed by atoms with van der Waals surface area (Å²) in [7, 11) is -7.19. The average Bonchev–Trinajstić information content (AvgIpc) is 3.30. The summed E-state index contributed by atoms with van der Waals surface area (Å²) in [6, 6.07) is 8.63. The maximum atomic E-state index is 13.0. The first kappa shape index (κ1) is 19.5. The summed E-state index contributed by atoms with van der Waals surface area (Å²) in [6.07, 6.45) is 2.99. The number of fused-ring (bicyclic) bond motifs is 1. The molecule has 146 valence electrons. The molecular formula is C17H19BrN2O4S3. The zero-order valence-corrected chi connectivity index (χ0v) is 18.5. The van der Waals surface area contributed by atoms with Crippen molar-refractivity contribution < 1.29 is 16.8 Å². The third-order valence-electron chi connectivity index (χ3n) is 5.05. The quantitative estimate of drug-likeness (QED) is 0.660. The Labute approximate surface area is 172 Å². The van der Waals surface area contributed by atoms with Crippen molar-refractivity contribution >= 4 is 47.3 Å². The summed E-state index contributed by atoms with van der Waals surface area (Å²) in [5, 5.41) is 0. The molecule has 4 rings (SSSR count). The highest BCUT2D eigenvalue weighted by Crippen LogP contribution is 2.30. The van der Waals surface area contributed by atoms with Crippen molar-refractivity contribution in [3.63, 3.8) is 0 Å². The molecule has 0 atom stereocenters. The van der Waals surface area contributed by atoms with Gasteiger partial charge in [0.1, 0.15) is 4.21 Å². The third-order valence-corrected chi connectivity index (χ3v) is 10.9. The molecule has 0 amide bonds. The van der Waals surface area contributed by atoms with Crippen LogP contribution in [0.4, 0.5) is 0 Å². The first-order valence-electron chi connectivity index (χ1n) is 8.66. The van der Waals surface area contributed by atoms with E-state index < -0.39 is 20.0 Å². The second-order valence-corrected chi connectivity index (χ2v) is 13.2. The Morgan fingerprint density at radius 2 is 1.44 bits per heavy atom. The van der Waals surface area contributed by atoms with Crippen molar-refractivity contribution in [3.05, 3.63) is 45.2 Å². The molecule has 0 saturated carbocycles. The number of thiophene rings is 1. The molecule has 1 aromatic heterocycles. The van der Waals surface area contributed by atoms with E-state index in [-0.39, 0.29) is 30.4 Å². The lowest BCUT2D eigenvalue weighted by Crippen LogP contribution is -2.50. The van der Waals surface area contributed by atoms with Gasteiger partial charge in [-0.2, -0.15) is 8.61 Å². The molecule has 1 aliphatic carbocycles. The predicted molar refractivity (Wildman–Crippen MR) is 108 cm³/mol. The van der Waals surface area contributed by atoms with Crippen LogP contribution >= 0.6 is 27.3 Å². The van der Waals surface area contributed by atoms with Gasteiger partial charge in [0.25, 0.3) is 10.0 Å². The molecule has 1 fully saturated rings. The van der Waals surface area contributed by atoms with Crippen LogP contribution in [0.25, 0.3) is 0 Å². The van der Waals surface area contributed by atoms with Crippen LogP contribution in [-0.2, 0) is 32.9 Å². The molecule has 0 unspecified atom stereocenters. The predicted octanol–water partition coefficient (Wildman–Crippen LogP) is 2.69. The molecule has 0 N–H and O–H groups in total. The number of halogens is 1. The van der Waals surface area contributed by atoms with Gasteiger partial charge in [-0.1, -0.05) is 6.07 Å². The van der Waals surface area contributed by atoms with Crippen LogP contribution in [-0.4, -0.2) is 51.6 Å². The van der Waals surface area contributed by atoms with Crippen LogP contribution in [0.1, 0.15) is 17.5 Å². The average molecular weight is 491 g/mol. The Hall–Kier alpha value is -0.780. The minimum atomic E-state index is -3.61. The minimum absolute atomic E-state index is 0.155. The molecule has 27 heavy (non-hydrogen) atoms. The van der Waals surface area contributed by atoms with E-state index in [2.05, 4.69) is 15.9 Å². The fourth-order valence-corrected chi connectivity index (χ4v) is 8.63. The van der Waals surface area contributed by atoms with Crippen molar-refractivity contribution in [1.82, 2.24) is 8.61 Å². The molecule has 2 heterocycles. The Bertz CT molecular complexity index is 1070. The number of nitrogens with zero attached hydrogens (tertiary/aromatic N) is 2. The maximum absolute atomic E-state index is 13.0. The van der Waals surface area contributed by atoms with Crippen molar-refractivity contribution in [3.8, 4) is 0 Å². The van der Waals surface area contributed by atoms with E-state index in [0.29, 0.717) is 4.90 Å². The standard InChI is InChI=1S/C17H19BrN2O4S3/c18-16-6-7-17(25-16)27(23,24)20-10-8-19(9-11-20)26(21,22)15-5-4-13-2-1-3-14(13)12-15/h4-7,12H,1-3,8-11H2. The van der Waals surface area contributed by atoms with Crippen LogP contribution in [0, 0.1) is 0 Å². The lowest BCUT2D eigenvalue weighted by Gasteiger charge is -2.33. The Morgan fingerprint density at radius 3 is 2.07 bits per heavy atom. The molecule has 6 nitrogen and oxygen atoms in total. The summed E-state index contributed by atoms with van der Waals surface area (Å²) in [5.41, 5.74) is 2.34. The Balaban J connectivity index is 1.50. The molecule has 0 radical (unpaired) electrons. The van der Waals surface area contributed by atoms with Crippen LogP contribution in [0.15, 0.2) is 43.2 Å². The zero-order valence-electron chi connectivity index (χ0n) is 14.5. The second-order valence-electron chi connectivity index (χ2n) is 6.65. The van der Waals surface area contributed by atoms with E-state index >= 15 is 0 Å². The molecule has 1 aromatic carbocycles. The fraction of sp³-hybridized carbons (Fsp3) is 0.412. The summed E-state index contributed by atoms with van der Waals surface area (Å²) < 4.78 is 55.1. The number of sulfonamides is 2. The Morgan fingerprint density at radius 1 is 0.815 bits per heavy atom. The highest BCUT2D eigenvalue weighted by molar-refractivity contribution is 9.11. The van der Waals surface area contributed by atoms with Crippen molar-refractivity contribution in [2.24, 2.45) is 0 Å². The van der Waals surface area contributed by atoms with Gasteiger partial charge in [0, 0.05) is 26.2 Å². The van der Waals surface area contributed by atoms with Gasteiger partial charge >= 0.3 is 0 Å². The van der Waals surface area contributed by atoms with Gasteiger partial charge in [-0.3, -0.25) is 0 Å². The molecule has 2 aromatic rings. The lowest BCUT2D eigenvalue weighted by atomic mass is 10.1. The van der Waals surface area contributed by atoms with Gasteiger partial charge in [-0.25, -0.2) is 16.8 Å². The van der Waals surface area contributed by atoms with Gasteiger partial charge in [0.05, 0.1) is 8.68 Å².